The number of hydrogen-bond donors (Lipinski definition) is 0. The van der Waals surface area contributed by atoms with Gasteiger partial charge in [0.1, 0.15) is 19.0 Å². The molecule has 0 fully saturated rings. The first kappa shape index (κ1) is 22.6. The van der Waals surface area contributed by atoms with E-state index in [4.69, 9.17) is 18.9 Å². The van der Waals surface area contributed by atoms with E-state index >= 15 is 0 Å². The Labute approximate surface area is 200 Å². The average molecular weight is 508 g/mol. The van der Waals surface area contributed by atoms with Crippen LogP contribution in [0.4, 0.5) is 0 Å². The van der Waals surface area contributed by atoms with E-state index in [-0.39, 0.29) is 5.70 Å². The number of hydrogen-bond acceptors (Lipinski definition) is 6. The molecule has 0 atom stereocenters. The Morgan fingerprint density at radius 1 is 0.909 bits per heavy atom. The van der Waals surface area contributed by atoms with Crippen molar-refractivity contribution >= 4 is 33.9 Å². The van der Waals surface area contributed by atoms with E-state index < -0.39 is 5.97 Å². The molecule has 0 saturated heterocycles. The fourth-order valence-corrected chi connectivity index (χ4v) is 3.38. The molecule has 0 unspecified atom stereocenters. The molecule has 168 valence electrons. The number of rotatable bonds is 9. The molecule has 6 nitrogen and oxygen atoms in total. The van der Waals surface area contributed by atoms with Crippen LogP contribution in [0.2, 0.25) is 0 Å². The van der Waals surface area contributed by atoms with E-state index in [2.05, 4.69) is 20.9 Å². The van der Waals surface area contributed by atoms with E-state index in [1.807, 2.05) is 73.7 Å². The lowest BCUT2D eigenvalue weighted by atomic mass is 10.1. The van der Waals surface area contributed by atoms with E-state index in [9.17, 15) is 4.79 Å². The van der Waals surface area contributed by atoms with Crippen molar-refractivity contribution in [1.29, 1.82) is 0 Å². The lowest BCUT2D eigenvalue weighted by Crippen LogP contribution is -2.10. The summed E-state index contributed by atoms with van der Waals surface area (Å²) in [6.07, 6.45) is 1.67. The molecule has 1 aliphatic rings. The summed E-state index contributed by atoms with van der Waals surface area (Å²) in [6, 6.07) is 22.4. The van der Waals surface area contributed by atoms with Crippen molar-refractivity contribution in [3.8, 4) is 17.2 Å². The summed E-state index contributed by atoms with van der Waals surface area (Å²) in [4.78, 5) is 16.6. The summed E-state index contributed by atoms with van der Waals surface area (Å²) < 4.78 is 23.6. The maximum atomic E-state index is 12.3. The fraction of sp³-hybridized carbons (Fsp3) is 0.154. The number of carbonyl (C=O) groups is 1. The van der Waals surface area contributed by atoms with Crippen molar-refractivity contribution in [2.24, 2.45) is 4.99 Å². The number of benzene rings is 3. The van der Waals surface area contributed by atoms with Gasteiger partial charge in [0.25, 0.3) is 0 Å². The van der Waals surface area contributed by atoms with Gasteiger partial charge in [-0.25, -0.2) is 9.79 Å². The number of esters is 1. The van der Waals surface area contributed by atoms with E-state index in [0.717, 1.165) is 21.3 Å². The molecule has 1 heterocycles. The molecule has 3 aromatic carbocycles. The molecule has 0 bridgehead atoms. The van der Waals surface area contributed by atoms with Crippen LogP contribution in [0.3, 0.4) is 0 Å². The van der Waals surface area contributed by atoms with E-state index in [1.54, 1.807) is 12.1 Å². The van der Waals surface area contributed by atoms with Crippen LogP contribution in [-0.4, -0.2) is 31.7 Å². The summed E-state index contributed by atoms with van der Waals surface area (Å²) in [6.45, 7) is 3.12. The van der Waals surface area contributed by atoms with Crippen LogP contribution in [0.1, 0.15) is 18.1 Å². The molecule has 0 spiro atoms. The summed E-state index contributed by atoms with van der Waals surface area (Å²) in [5.41, 5.74) is 1.73. The first-order valence-electron chi connectivity index (χ1n) is 10.5. The Kier molecular flexibility index (Phi) is 7.42. The molecule has 0 radical (unpaired) electrons. The Bertz CT molecular complexity index is 1170. The molecule has 3 aromatic rings. The molecule has 4 rings (SSSR count). The number of cyclic esters (lactones) is 1. The SMILES string of the molecule is CCOc1cc(C=C2N=C(c3ccccc3)OC2=O)ccc1OCCOc1ccc(Br)cc1. The fourth-order valence-electron chi connectivity index (χ4n) is 3.12. The normalized spacial score (nSPS) is 14.1. The predicted molar refractivity (Wildman–Crippen MR) is 130 cm³/mol. The largest absolute Gasteiger partial charge is 0.490 e. The predicted octanol–water partition coefficient (Wildman–Crippen LogP) is 5.65. The van der Waals surface area contributed by atoms with E-state index in [1.165, 1.54) is 0 Å². The van der Waals surface area contributed by atoms with Crippen molar-refractivity contribution < 1.29 is 23.7 Å². The number of ether oxygens (including phenoxy) is 4. The van der Waals surface area contributed by atoms with Crippen molar-refractivity contribution in [2.75, 3.05) is 19.8 Å². The summed E-state index contributed by atoms with van der Waals surface area (Å²) in [5.74, 6) is 1.75. The molecule has 0 N–H and O–H groups in total. The minimum absolute atomic E-state index is 0.230. The van der Waals surface area contributed by atoms with Crippen LogP contribution < -0.4 is 14.2 Å². The first-order valence-corrected chi connectivity index (χ1v) is 11.3. The molecule has 0 amide bonds. The summed E-state index contributed by atoms with van der Waals surface area (Å²) in [5, 5.41) is 0. The Morgan fingerprint density at radius 3 is 2.42 bits per heavy atom. The highest BCUT2D eigenvalue weighted by Crippen LogP contribution is 2.30. The lowest BCUT2D eigenvalue weighted by Gasteiger charge is -2.13. The van der Waals surface area contributed by atoms with Crippen LogP contribution in [-0.2, 0) is 9.53 Å². The second kappa shape index (κ2) is 10.8. The second-order valence-corrected chi connectivity index (χ2v) is 7.91. The lowest BCUT2D eigenvalue weighted by molar-refractivity contribution is -0.129. The highest BCUT2D eigenvalue weighted by molar-refractivity contribution is 9.10. The monoisotopic (exact) mass is 507 g/mol. The minimum Gasteiger partial charge on any atom is -0.490 e. The highest BCUT2D eigenvalue weighted by atomic mass is 79.9. The zero-order chi connectivity index (χ0) is 23.0. The average Bonchev–Trinajstić information content (AvgIpc) is 3.20. The van der Waals surface area contributed by atoms with Crippen LogP contribution >= 0.6 is 15.9 Å². The van der Waals surface area contributed by atoms with Gasteiger partial charge in [-0.15, -0.1) is 0 Å². The third kappa shape index (κ3) is 6.02. The maximum absolute atomic E-state index is 12.3. The van der Waals surface area contributed by atoms with Crippen LogP contribution in [0.5, 0.6) is 17.2 Å². The molecule has 33 heavy (non-hydrogen) atoms. The van der Waals surface area contributed by atoms with Crippen LogP contribution in [0.15, 0.2) is 88.0 Å². The van der Waals surface area contributed by atoms with Gasteiger partial charge in [0.15, 0.2) is 17.2 Å². The second-order valence-electron chi connectivity index (χ2n) is 6.99. The van der Waals surface area contributed by atoms with Crippen LogP contribution in [0, 0.1) is 0 Å². The number of nitrogens with zero attached hydrogens (tertiary/aromatic N) is 1. The van der Waals surface area contributed by atoms with E-state index in [0.29, 0.717) is 37.2 Å². The van der Waals surface area contributed by atoms with Gasteiger partial charge in [-0.3, -0.25) is 0 Å². The Balaban J connectivity index is 1.43. The molecule has 0 saturated carbocycles. The standard InChI is InChI=1S/C26H22BrNO5/c1-2-30-24-17-18(16-22-26(29)33-25(28-22)19-6-4-3-5-7-19)8-13-23(24)32-15-14-31-21-11-9-20(27)10-12-21/h3-13,16-17H,2,14-15H2,1H3. The van der Waals surface area contributed by atoms with Crippen molar-refractivity contribution in [3.05, 3.63) is 94.1 Å². The Hall–Kier alpha value is -3.58. The number of aliphatic imine (C=N–C) groups is 1. The number of carbonyl (C=O) groups excluding carboxylic acids is 1. The third-order valence-corrected chi connectivity index (χ3v) is 5.16. The summed E-state index contributed by atoms with van der Waals surface area (Å²) in [7, 11) is 0. The molecular weight excluding hydrogens is 486 g/mol. The van der Waals surface area contributed by atoms with Gasteiger partial charge in [-0.1, -0.05) is 40.2 Å². The van der Waals surface area contributed by atoms with Gasteiger partial charge in [-0.05, 0) is 67.1 Å². The van der Waals surface area contributed by atoms with Gasteiger partial charge in [0, 0.05) is 10.0 Å². The Morgan fingerprint density at radius 2 is 1.67 bits per heavy atom. The van der Waals surface area contributed by atoms with Gasteiger partial charge in [-0.2, -0.15) is 0 Å². The number of halogens is 1. The molecule has 1 aliphatic heterocycles. The van der Waals surface area contributed by atoms with Gasteiger partial charge < -0.3 is 18.9 Å². The molecule has 0 aromatic heterocycles. The van der Waals surface area contributed by atoms with Gasteiger partial charge in [0.2, 0.25) is 5.90 Å². The third-order valence-electron chi connectivity index (χ3n) is 4.64. The van der Waals surface area contributed by atoms with Crippen molar-refractivity contribution in [3.63, 3.8) is 0 Å². The first-order chi connectivity index (χ1) is 16.1. The molecule has 7 heteroatoms. The zero-order valence-corrected chi connectivity index (χ0v) is 19.6. The topological polar surface area (TPSA) is 66.4 Å². The van der Waals surface area contributed by atoms with Crippen molar-refractivity contribution in [1.82, 2.24) is 0 Å². The highest BCUT2D eigenvalue weighted by Gasteiger charge is 2.24. The minimum atomic E-state index is -0.489. The zero-order valence-electron chi connectivity index (χ0n) is 18.0. The molecule has 0 aliphatic carbocycles. The smallest absolute Gasteiger partial charge is 0.363 e. The maximum Gasteiger partial charge on any atom is 0.363 e. The van der Waals surface area contributed by atoms with Crippen molar-refractivity contribution in [2.45, 2.75) is 6.92 Å². The molecular formula is C26H22BrNO5. The quantitative estimate of drug-likeness (QED) is 0.212. The van der Waals surface area contributed by atoms with Gasteiger partial charge >= 0.3 is 5.97 Å². The summed E-state index contributed by atoms with van der Waals surface area (Å²) >= 11 is 3.40. The van der Waals surface area contributed by atoms with Gasteiger partial charge in [0.05, 0.1) is 6.61 Å². The van der Waals surface area contributed by atoms with Crippen LogP contribution in [0.25, 0.3) is 6.08 Å².